The Morgan fingerprint density at radius 1 is 1.15 bits per heavy atom. The van der Waals surface area contributed by atoms with Crippen LogP contribution >= 0.6 is 11.6 Å². The fourth-order valence-electron chi connectivity index (χ4n) is 1.72. The summed E-state index contributed by atoms with van der Waals surface area (Å²) in [6.07, 6.45) is 0. The molecule has 0 saturated carbocycles. The second kappa shape index (κ2) is 6.09. The summed E-state index contributed by atoms with van der Waals surface area (Å²) in [6.45, 7) is 1.96. The average Bonchev–Trinajstić information content (AvgIpc) is 2.41. The van der Waals surface area contributed by atoms with Gasteiger partial charge in [0.15, 0.2) is 0 Å². The van der Waals surface area contributed by atoms with Crippen molar-refractivity contribution in [3.8, 4) is 0 Å². The summed E-state index contributed by atoms with van der Waals surface area (Å²) in [6, 6.07) is 11.7. The number of carbonyl (C=O) groups is 1. The van der Waals surface area contributed by atoms with Crippen molar-refractivity contribution in [3.63, 3.8) is 0 Å². The van der Waals surface area contributed by atoms with Gasteiger partial charge in [0, 0.05) is 21.7 Å². The number of carbonyl (C=O) groups excluding carboxylic acids is 1. The molecule has 0 aliphatic carbocycles. The molecule has 20 heavy (non-hydrogen) atoms. The largest absolute Gasteiger partial charge is 0.489 e. The molecule has 2 rings (SSSR count). The molecule has 0 aliphatic heterocycles. The Balaban J connectivity index is 2.21. The molecular weight excluding hydrogens is 276 g/mol. The lowest BCUT2D eigenvalue weighted by atomic mass is 9.79. The zero-order valence-electron chi connectivity index (χ0n) is 10.8. The molecule has 2 aromatic carbocycles. The van der Waals surface area contributed by atoms with Crippen molar-refractivity contribution in [1.29, 1.82) is 0 Å². The van der Waals surface area contributed by atoms with Crippen LogP contribution in [0.5, 0.6) is 0 Å². The quantitative estimate of drug-likeness (QED) is 0.751. The second-order valence-corrected chi connectivity index (χ2v) is 4.84. The number of aryl methyl sites for hydroxylation is 1. The molecule has 102 valence electrons. The van der Waals surface area contributed by atoms with Gasteiger partial charge >= 0.3 is 7.12 Å². The number of hydrogen-bond acceptors (Lipinski definition) is 3. The van der Waals surface area contributed by atoms with Crippen LogP contribution in [0.1, 0.15) is 15.9 Å². The van der Waals surface area contributed by atoms with Gasteiger partial charge < -0.3 is 15.4 Å². The molecule has 0 radical (unpaired) electrons. The Morgan fingerprint density at radius 3 is 2.40 bits per heavy atom. The Hall–Kier alpha value is -1.82. The first-order chi connectivity index (χ1) is 9.47. The number of rotatable bonds is 3. The predicted molar refractivity (Wildman–Crippen MR) is 80.4 cm³/mol. The van der Waals surface area contributed by atoms with Gasteiger partial charge in [-0.3, -0.25) is 4.79 Å². The van der Waals surface area contributed by atoms with Gasteiger partial charge in [0.25, 0.3) is 5.91 Å². The topological polar surface area (TPSA) is 69.6 Å². The molecule has 0 spiro atoms. The minimum absolute atomic E-state index is 0.100. The normalized spacial score (nSPS) is 10.2. The van der Waals surface area contributed by atoms with E-state index in [0.717, 1.165) is 5.56 Å². The molecule has 1 amide bonds. The monoisotopic (exact) mass is 289 g/mol. The fraction of sp³-hybridized carbons (Fsp3) is 0.0714. The van der Waals surface area contributed by atoms with E-state index in [2.05, 4.69) is 5.32 Å². The highest BCUT2D eigenvalue weighted by molar-refractivity contribution is 6.62. The maximum atomic E-state index is 12.1. The van der Waals surface area contributed by atoms with E-state index in [9.17, 15) is 14.8 Å². The van der Waals surface area contributed by atoms with Gasteiger partial charge in [-0.2, -0.15) is 0 Å². The zero-order chi connectivity index (χ0) is 14.7. The molecule has 4 nitrogen and oxygen atoms in total. The molecule has 6 heteroatoms. The molecule has 2 aromatic rings. The summed E-state index contributed by atoms with van der Waals surface area (Å²) < 4.78 is 0. The van der Waals surface area contributed by atoms with Crippen LogP contribution in [-0.2, 0) is 0 Å². The first kappa shape index (κ1) is 14.6. The summed E-state index contributed by atoms with van der Waals surface area (Å²) >= 11 is 5.82. The summed E-state index contributed by atoms with van der Waals surface area (Å²) in [5, 5.41) is 21.3. The molecule has 0 saturated heterocycles. The Kier molecular flexibility index (Phi) is 4.44. The van der Waals surface area contributed by atoms with Crippen molar-refractivity contribution >= 4 is 35.8 Å². The molecule has 0 atom stereocenters. The van der Waals surface area contributed by atoms with E-state index in [4.69, 9.17) is 11.6 Å². The Labute approximate surface area is 122 Å². The third-order valence-electron chi connectivity index (χ3n) is 2.85. The number of hydrogen-bond donors (Lipinski definition) is 3. The van der Waals surface area contributed by atoms with E-state index in [1.807, 2.05) is 19.1 Å². The SMILES string of the molecule is Cc1ccc(NC(=O)c2ccc(Cl)c(B(O)O)c2)cc1. The zero-order valence-corrected chi connectivity index (χ0v) is 11.6. The Morgan fingerprint density at radius 2 is 1.80 bits per heavy atom. The molecule has 0 aliphatic rings. The number of nitrogens with one attached hydrogen (secondary N) is 1. The molecule has 0 heterocycles. The van der Waals surface area contributed by atoms with Crippen LogP contribution in [0.25, 0.3) is 0 Å². The first-order valence-corrected chi connectivity index (χ1v) is 6.39. The van der Waals surface area contributed by atoms with Gasteiger partial charge in [-0.05, 0) is 37.3 Å². The first-order valence-electron chi connectivity index (χ1n) is 6.01. The van der Waals surface area contributed by atoms with Crippen LogP contribution in [-0.4, -0.2) is 23.1 Å². The lowest BCUT2D eigenvalue weighted by molar-refractivity contribution is 0.102. The van der Waals surface area contributed by atoms with E-state index in [-0.39, 0.29) is 16.4 Å². The highest BCUT2D eigenvalue weighted by Gasteiger charge is 2.17. The predicted octanol–water partition coefficient (Wildman–Crippen LogP) is 1.58. The van der Waals surface area contributed by atoms with Gasteiger partial charge in [-0.15, -0.1) is 0 Å². The Bertz CT molecular complexity index is 629. The number of amides is 1. The summed E-state index contributed by atoms with van der Waals surface area (Å²) in [4.78, 5) is 12.1. The fourth-order valence-corrected chi connectivity index (χ4v) is 1.94. The van der Waals surface area contributed by atoms with Gasteiger partial charge in [-0.1, -0.05) is 29.3 Å². The highest BCUT2D eigenvalue weighted by atomic mass is 35.5. The lowest BCUT2D eigenvalue weighted by Crippen LogP contribution is -2.31. The van der Waals surface area contributed by atoms with E-state index in [0.29, 0.717) is 11.3 Å². The third-order valence-corrected chi connectivity index (χ3v) is 3.19. The van der Waals surface area contributed by atoms with Crippen LogP contribution in [0.3, 0.4) is 0 Å². The van der Waals surface area contributed by atoms with Crippen molar-refractivity contribution in [2.24, 2.45) is 0 Å². The van der Waals surface area contributed by atoms with Crippen LogP contribution in [0.2, 0.25) is 5.02 Å². The standard InChI is InChI=1S/C14H13BClNO3/c1-9-2-5-11(6-3-9)17-14(18)10-4-7-13(16)12(8-10)15(19)20/h2-8,19-20H,1H3,(H,17,18). The van der Waals surface area contributed by atoms with E-state index >= 15 is 0 Å². The average molecular weight is 290 g/mol. The van der Waals surface area contributed by atoms with Gasteiger partial charge in [0.2, 0.25) is 0 Å². The maximum Gasteiger partial charge on any atom is 0.489 e. The van der Waals surface area contributed by atoms with Crippen molar-refractivity contribution in [2.45, 2.75) is 6.92 Å². The summed E-state index contributed by atoms with van der Waals surface area (Å²) in [7, 11) is -1.71. The van der Waals surface area contributed by atoms with Crippen LogP contribution in [0.4, 0.5) is 5.69 Å². The second-order valence-electron chi connectivity index (χ2n) is 4.43. The lowest BCUT2D eigenvalue weighted by Gasteiger charge is -2.08. The molecule has 0 bridgehead atoms. The smallest absolute Gasteiger partial charge is 0.423 e. The van der Waals surface area contributed by atoms with Crippen molar-refractivity contribution in [1.82, 2.24) is 0 Å². The molecular formula is C14H13BClNO3. The number of benzene rings is 2. The van der Waals surface area contributed by atoms with Crippen molar-refractivity contribution in [3.05, 3.63) is 58.6 Å². The van der Waals surface area contributed by atoms with Crippen molar-refractivity contribution in [2.75, 3.05) is 5.32 Å². The molecule has 0 unspecified atom stereocenters. The van der Waals surface area contributed by atoms with Crippen molar-refractivity contribution < 1.29 is 14.8 Å². The molecule has 0 aromatic heterocycles. The van der Waals surface area contributed by atoms with Crippen LogP contribution in [0.15, 0.2) is 42.5 Å². The molecule has 0 fully saturated rings. The van der Waals surface area contributed by atoms with Gasteiger partial charge in [0.1, 0.15) is 0 Å². The van der Waals surface area contributed by atoms with E-state index in [1.54, 1.807) is 12.1 Å². The molecule has 3 N–H and O–H groups in total. The minimum atomic E-state index is -1.71. The van der Waals surface area contributed by atoms with Crippen LogP contribution < -0.4 is 10.8 Å². The van der Waals surface area contributed by atoms with E-state index in [1.165, 1.54) is 18.2 Å². The third kappa shape index (κ3) is 3.39. The van der Waals surface area contributed by atoms with Crippen LogP contribution in [0, 0.1) is 6.92 Å². The highest BCUT2D eigenvalue weighted by Crippen LogP contribution is 2.12. The van der Waals surface area contributed by atoms with E-state index < -0.39 is 7.12 Å². The number of anilines is 1. The number of halogens is 1. The minimum Gasteiger partial charge on any atom is -0.423 e. The summed E-state index contributed by atoms with van der Waals surface area (Å²) in [5.74, 6) is -0.340. The van der Waals surface area contributed by atoms with Gasteiger partial charge in [0.05, 0.1) is 0 Å². The van der Waals surface area contributed by atoms with Gasteiger partial charge in [-0.25, -0.2) is 0 Å². The summed E-state index contributed by atoms with van der Waals surface area (Å²) in [5.41, 5.74) is 2.17. The maximum absolute atomic E-state index is 12.1.